The van der Waals surface area contributed by atoms with Crippen molar-refractivity contribution in [1.29, 1.82) is 0 Å². The molecule has 2 rings (SSSR count). The van der Waals surface area contributed by atoms with E-state index in [9.17, 15) is 13.2 Å². The largest absolute Gasteiger partial charge is 0.417 e. The van der Waals surface area contributed by atoms with E-state index in [2.05, 4.69) is 20.2 Å². The highest BCUT2D eigenvalue weighted by atomic mass is 19.4. The molecule has 0 saturated heterocycles. The van der Waals surface area contributed by atoms with Crippen molar-refractivity contribution in [3.63, 3.8) is 0 Å². The molecule has 0 aliphatic rings. The molecule has 0 amide bonds. The zero-order valence-corrected chi connectivity index (χ0v) is 7.28. The molecule has 0 aliphatic heterocycles. The van der Waals surface area contributed by atoms with Gasteiger partial charge in [-0.2, -0.15) is 18.3 Å². The first-order valence-electron chi connectivity index (χ1n) is 3.97. The van der Waals surface area contributed by atoms with E-state index in [0.717, 1.165) is 12.3 Å². The van der Waals surface area contributed by atoms with Gasteiger partial charge in [-0.05, 0) is 12.1 Å². The van der Waals surface area contributed by atoms with E-state index in [1.165, 1.54) is 12.4 Å². The summed E-state index contributed by atoms with van der Waals surface area (Å²) in [4.78, 5) is 7.39. The van der Waals surface area contributed by atoms with Crippen LogP contribution in [0.4, 0.5) is 13.2 Å². The third-order valence-corrected chi connectivity index (χ3v) is 1.73. The average Bonchev–Trinajstić information content (AvgIpc) is 2.69. The van der Waals surface area contributed by atoms with Crippen molar-refractivity contribution in [2.45, 2.75) is 6.18 Å². The molecule has 2 aromatic rings. The van der Waals surface area contributed by atoms with Crippen molar-refractivity contribution in [2.24, 2.45) is 0 Å². The minimum absolute atomic E-state index is 0.267. The van der Waals surface area contributed by atoms with Gasteiger partial charge in [0.25, 0.3) is 0 Å². The molecule has 15 heavy (non-hydrogen) atoms. The van der Waals surface area contributed by atoms with Gasteiger partial charge in [0.1, 0.15) is 12.0 Å². The number of hydrogen-bond donors (Lipinski definition) is 1. The maximum absolute atomic E-state index is 12.2. The summed E-state index contributed by atoms with van der Waals surface area (Å²) in [5, 5.41) is 6.15. The van der Waals surface area contributed by atoms with Gasteiger partial charge >= 0.3 is 6.18 Å². The molecule has 0 spiro atoms. The zero-order valence-electron chi connectivity index (χ0n) is 7.28. The van der Waals surface area contributed by atoms with Crippen LogP contribution in [0.1, 0.15) is 5.56 Å². The molecule has 2 aromatic heterocycles. The molecule has 0 bridgehead atoms. The highest BCUT2D eigenvalue weighted by molar-refractivity contribution is 5.47. The summed E-state index contributed by atoms with van der Waals surface area (Å²) in [5.74, 6) is 0.267. The molecule has 4 nitrogen and oxygen atoms in total. The summed E-state index contributed by atoms with van der Waals surface area (Å²) < 4.78 is 36.6. The van der Waals surface area contributed by atoms with Gasteiger partial charge in [0.15, 0.2) is 5.82 Å². The van der Waals surface area contributed by atoms with Crippen molar-refractivity contribution >= 4 is 0 Å². The van der Waals surface area contributed by atoms with E-state index < -0.39 is 11.7 Å². The number of aromatic nitrogens is 4. The van der Waals surface area contributed by atoms with Crippen LogP contribution in [0.5, 0.6) is 0 Å². The minimum atomic E-state index is -4.37. The molecular weight excluding hydrogens is 209 g/mol. The van der Waals surface area contributed by atoms with Gasteiger partial charge < -0.3 is 0 Å². The topological polar surface area (TPSA) is 54.5 Å². The van der Waals surface area contributed by atoms with Gasteiger partial charge in [-0.1, -0.05) is 0 Å². The summed E-state index contributed by atoms with van der Waals surface area (Å²) in [6.07, 6.45) is -2.29. The molecule has 0 atom stereocenters. The van der Waals surface area contributed by atoms with Crippen LogP contribution in [0.25, 0.3) is 11.5 Å². The number of rotatable bonds is 1. The van der Waals surface area contributed by atoms with E-state index in [-0.39, 0.29) is 5.82 Å². The van der Waals surface area contributed by atoms with Gasteiger partial charge in [0.05, 0.1) is 5.56 Å². The number of H-pyrrole nitrogens is 1. The van der Waals surface area contributed by atoms with E-state index in [1.54, 1.807) is 0 Å². The predicted octanol–water partition coefficient (Wildman–Crippen LogP) is 1.89. The third-order valence-electron chi connectivity index (χ3n) is 1.73. The third kappa shape index (κ3) is 1.95. The Morgan fingerprint density at radius 1 is 1.13 bits per heavy atom. The van der Waals surface area contributed by atoms with Crippen LogP contribution in [0, 0.1) is 0 Å². The number of nitrogens with one attached hydrogen (secondary N) is 1. The van der Waals surface area contributed by atoms with E-state index in [1.807, 2.05) is 0 Å². The van der Waals surface area contributed by atoms with Crippen LogP contribution in [-0.4, -0.2) is 20.2 Å². The molecule has 0 radical (unpaired) electrons. The number of hydrogen-bond acceptors (Lipinski definition) is 3. The Kier molecular flexibility index (Phi) is 2.14. The highest BCUT2D eigenvalue weighted by Gasteiger charge is 2.30. The zero-order chi connectivity index (χ0) is 10.9. The second-order valence-corrected chi connectivity index (χ2v) is 2.75. The number of halogens is 3. The van der Waals surface area contributed by atoms with Crippen LogP contribution in [-0.2, 0) is 6.18 Å². The summed E-state index contributed by atoms with van der Waals surface area (Å²) in [7, 11) is 0. The van der Waals surface area contributed by atoms with Crippen LogP contribution in [0.2, 0.25) is 0 Å². The van der Waals surface area contributed by atoms with E-state index >= 15 is 0 Å². The van der Waals surface area contributed by atoms with Crippen molar-refractivity contribution in [1.82, 2.24) is 20.2 Å². The van der Waals surface area contributed by atoms with Gasteiger partial charge in [-0.3, -0.25) is 10.1 Å². The quantitative estimate of drug-likeness (QED) is 0.788. The lowest BCUT2D eigenvalue weighted by molar-refractivity contribution is -0.137. The first kappa shape index (κ1) is 9.63. The highest BCUT2D eigenvalue weighted by Crippen LogP contribution is 2.29. The Labute approximate surface area is 82.2 Å². The first-order chi connectivity index (χ1) is 7.07. The fourth-order valence-corrected chi connectivity index (χ4v) is 1.03. The summed E-state index contributed by atoms with van der Waals surface area (Å²) >= 11 is 0. The van der Waals surface area contributed by atoms with Crippen molar-refractivity contribution < 1.29 is 13.2 Å². The number of aromatic amines is 1. The van der Waals surface area contributed by atoms with Gasteiger partial charge in [-0.25, -0.2) is 4.98 Å². The number of alkyl halides is 3. The molecule has 0 aromatic carbocycles. The fraction of sp³-hybridized carbons (Fsp3) is 0.125. The minimum Gasteiger partial charge on any atom is -0.265 e. The Bertz CT molecular complexity index is 432. The van der Waals surface area contributed by atoms with Crippen molar-refractivity contribution in [2.75, 3.05) is 0 Å². The normalized spacial score (nSPS) is 11.7. The van der Waals surface area contributed by atoms with Crippen molar-refractivity contribution in [3.05, 3.63) is 30.2 Å². The monoisotopic (exact) mass is 214 g/mol. The van der Waals surface area contributed by atoms with Gasteiger partial charge in [0.2, 0.25) is 0 Å². The second kappa shape index (κ2) is 3.34. The summed E-state index contributed by atoms with van der Waals surface area (Å²) in [6.45, 7) is 0. The Morgan fingerprint density at radius 2 is 1.93 bits per heavy atom. The first-order valence-corrected chi connectivity index (χ1v) is 3.97. The molecule has 7 heteroatoms. The Balaban J connectivity index is 2.33. The van der Waals surface area contributed by atoms with E-state index in [0.29, 0.717) is 5.69 Å². The molecule has 0 saturated carbocycles. The Morgan fingerprint density at radius 3 is 2.40 bits per heavy atom. The lowest BCUT2D eigenvalue weighted by atomic mass is 10.2. The lowest BCUT2D eigenvalue weighted by Crippen LogP contribution is -2.05. The molecule has 1 N–H and O–H groups in total. The van der Waals surface area contributed by atoms with Crippen LogP contribution < -0.4 is 0 Å². The molecule has 0 fully saturated rings. The van der Waals surface area contributed by atoms with E-state index in [4.69, 9.17) is 0 Å². The molecule has 2 heterocycles. The maximum Gasteiger partial charge on any atom is 0.417 e. The number of pyridine rings is 1. The van der Waals surface area contributed by atoms with Crippen LogP contribution >= 0.6 is 0 Å². The molecule has 0 aliphatic carbocycles. The van der Waals surface area contributed by atoms with Gasteiger partial charge in [0, 0.05) is 6.20 Å². The fourth-order valence-electron chi connectivity index (χ4n) is 1.03. The SMILES string of the molecule is FC(F)(F)c1ccc(-c2nc[nH]n2)nc1. The summed E-state index contributed by atoms with van der Waals surface area (Å²) in [6, 6.07) is 2.17. The Hall–Kier alpha value is -1.92. The standard InChI is InChI=1S/C8H5F3N4/c9-8(10,11)5-1-2-6(12-3-5)7-13-4-14-15-7/h1-4H,(H,13,14,15). The summed E-state index contributed by atoms with van der Waals surface area (Å²) in [5.41, 5.74) is -0.494. The average molecular weight is 214 g/mol. The number of nitrogens with zero attached hydrogens (tertiary/aromatic N) is 3. The predicted molar refractivity (Wildman–Crippen MR) is 44.6 cm³/mol. The lowest BCUT2D eigenvalue weighted by Gasteiger charge is -2.05. The molecular formula is C8H5F3N4. The van der Waals surface area contributed by atoms with Crippen molar-refractivity contribution in [3.8, 4) is 11.5 Å². The smallest absolute Gasteiger partial charge is 0.265 e. The van der Waals surface area contributed by atoms with Crippen LogP contribution in [0.3, 0.4) is 0 Å². The molecule has 0 unspecified atom stereocenters. The van der Waals surface area contributed by atoms with Crippen LogP contribution in [0.15, 0.2) is 24.7 Å². The molecule has 78 valence electrons. The second-order valence-electron chi connectivity index (χ2n) is 2.75. The van der Waals surface area contributed by atoms with Gasteiger partial charge in [-0.15, -0.1) is 0 Å². The maximum atomic E-state index is 12.2.